The fourth-order valence-electron chi connectivity index (χ4n) is 6.81. The number of rotatable bonds is 4. The van der Waals surface area contributed by atoms with Gasteiger partial charge in [0.2, 0.25) is 5.95 Å². The molecule has 0 bridgehead atoms. The SMILES string of the molecule is C1=CC(n2c3ccccc3c3c2ccc2c4ccccc4n(-c4nc(-c5ccccc5)cc(-c5ccccc5)n4)c23)=CCC1. The molecule has 8 aromatic rings. The minimum Gasteiger partial charge on any atom is -0.310 e. The van der Waals surface area contributed by atoms with Crippen LogP contribution in [-0.2, 0) is 0 Å². The number of hydrogen-bond acceptors (Lipinski definition) is 2. The normalized spacial score (nSPS) is 13.3. The molecule has 3 heterocycles. The zero-order chi connectivity index (χ0) is 29.0. The van der Waals surface area contributed by atoms with Gasteiger partial charge in [-0.1, -0.05) is 115 Å². The van der Waals surface area contributed by atoms with Crippen LogP contribution < -0.4 is 0 Å². The Hall–Kier alpha value is -5.74. The van der Waals surface area contributed by atoms with Gasteiger partial charge >= 0.3 is 0 Å². The molecule has 0 saturated carbocycles. The lowest BCUT2D eigenvalue weighted by atomic mass is 10.1. The molecule has 3 aromatic heterocycles. The first-order valence-electron chi connectivity index (χ1n) is 15.2. The minimum absolute atomic E-state index is 0.664. The van der Waals surface area contributed by atoms with Crippen molar-refractivity contribution in [2.75, 3.05) is 0 Å². The zero-order valence-corrected chi connectivity index (χ0v) is 24.1. The molecule has 5 aromatic carbocycles. The highest BCUT2D eigenvalue weighted by Gasteiger charge is 2.22. The molecule has 208 valence electrons. The van der Waals surface area contributed by atoms with Crippen molar-refractivity contribution in [3.8, 4) is 28.5 Å². The lowest BCUT2D eigenvalue weighted by Crippen LogP contribution is -2.04. The minimum atomic E-state index is 0.664. The molecule has 0 N–H and O–H groups in total. The number of allylic oxidation sites excluding steroid dienone is 4. The van der Waals surface area contributed by atoms with Crippen LogP contribution in [0.3, 0.4) is 0 Å². The quantitative estimate of drug-likeness (QED) is 0.213. The largest absolute Gasteiger partial charge is 0.310 e. The van der Waals surface area contributed by atoms with Crippen molar-refractivity contribution in [2.45, 2.75) is 12.8 Å². The van der Waals surface area contributed by atoms with Crippen molar-refractivity contribution in [1.29, 1.82) is 0 Å². The highest BCUT2D eigenvalue weighted by molar-refractivity contribution is 6.26. The molecule has 0 atom stereocenters. The molecule has 1 aliphatic carbocycles. The van der Waals surface area contributed by atoms with E-state index in [0.717, 1.165) is 46.4 Å². The highest BCUT2D eigenvalue weighted by atomic mass is 15.2. The standard InChI is InChI=1S/C40H28N4/c1-4-14-27(15-5-1)33-26-34(28-16-6-2-7-17-28)42-40(41-33)44-35-22-12-10-20-30(35)31-24-25-37-38(39(31)44)32-21-11-13-23-36(32)43(37)29-18-8-3-9-19-29/h1-2,4-8,10-26H,3,9H2. The third kappa shape index (κ3) is 3.78. The molecule has 44 heavy (non-hydrogen) atoms. The lowest BCUT2D eigenvalue weighted by Gasteiger charge is -2.13. The van der Waals surface area contributed by atoms with Crippen molar-refractivity contribution in [1.82, 2.24) is 19.1 Å². The van der Waals surface area contributed by atoms with Gasteiger partial charge in [0.25, 0.3) is 0 Å². The highest BCUT2D eigenvalue weighted by Crippen LogP contribution is 2.42. The van der Waals surface area contributed by atoms with Crippen LogP contribution in [0.4, 0.5) is 0 Å². The first-order chi connectivity index (χ1) is 21.8. The Morgan fingerprint density at radius 3 is 1.77 bits per heavy atom. The summed E-state index contributed by atoms with van der Waals surface area (Å²) in [4.78, 5) is 10.6. The van der Waals surface area contributed by atoms with Crippen LogP contribution in [0.1, 0.15) is 12.8 Å². The summed E-state index contributed by atoms with van der Waals surface area (Å²) in [6.07, 6.45) is 9.01. The molecule has 0 unspecified atom stereocenters. The number of aromatic nitrogens is 4. The maximum absolute atomic E-state index is 5.28. The second-order valence-electron chi connectivity index (χ2n) is 11.3. The van der Waals surface area contributed by atoms with Crippen LogP contribution in [0.5, 0.6) is 0 Å². The van der Waals surface area contributed by atoms with Gasteiger partial charge in [0, 0.05) is 38.4 Å². The van der Waals surface area contributed by atoms with Gasteiger partial charge in [-0.25, -0.2) is 9.97 Å². The average Bonchev–Trinajstić information content (AvgIpc) is 3.62. The van der Waals surface area contributed by atoms with Gasteiger partial charge in [-0.2, -0.15) is 0 Å². The van der Waals surface area contributed by atoms with Crippen LogP contribution in [-0.4, -0.2) is 19.1 Å². The van der Waals surface area contributed by atoms with Crippen molar-refractivity contribution < 1.29 is 0 Å². The monoisotopic (exact) mass is 564 g/mol. The van der Waals surface area contributed by atoms with E-state index in [9.17, 15) is 0 Å². The lowest BCUT2D eigenvalue weighted by molar-refractivity contribution is 0.998. The summed E-state index contributed by atoms with van der Waals surface area (Å²) in [5, 5.41) is 4.82. The van der Waals surface area contributed by atoms with Gasteiger partial charge in [-0.3, -0.25) is 4.57 Å². The second kappa shape index (κ2) is 9.92. The van der Waals surface area contributed by atoms with Gasteiger partial charge in [0.15, 0.2) is 0 Å². The summed E-state index contributed by atoms with van der Waals surface area (Å²) in [6.45, 7) is 0. The molecule has 0 aliphatic heterocycles. The number of nitrogens with zero attached hydrogens (tertiary/aromatic N) is 4. The molecule has 0 saturated heterocycles. The fraction of sp³-hybridized carbons (Fsp3) is 0.0500. The smallest absolute Gasteiger partial charge is 0.235 e. The first-order valence-corrected chi connectivity index (χ1v) is 15.2. The van der Waals surface area contributed by atoms with Crippen molar-refractivity contribution >= 4 is 49.3 Å². The van der Waals surface area contributed by atoms with Gasteiger partial charge in [-0.15, -0.1) is 0 Å². The molecule has 1 aliphatic rings. The Morgan fingerprint density at radius 2 is 1.11 bits per heavy atom. The van der Waals surface area contributed by atoms with Crippen molar-refractivity contribution in [3.63, 3.8) is 0 Å². The van der Waals surface area contributed by atoms with E-state index in [1.54, 1.807) is 0 Å². The second-order valence-corrected chi connectivity index (χ2v) is 11.3. The number of hydrogen-bond donors (Lipinski definition) is 0. The number of benzene rings is 5. The van der Waals surface area contributed by atoms with Gasteiger partial charge in [-0.05, 0) is 43.2 Å². The van der Waals surface area contributed by atoms with Crippen molar-refractivity contribution in [2.24, 2.45) is 0 Å². The van der Waals surface area contributed by atoms with Crippen LogP contribution in [0.2, 0.25) is 0 Å². The van der Waals surface area contributed by atoms with Gasteiger partial charge < -0.3 is 4.57 Å². The molecule has 9 rings (SSSR count). The van der Waals surface area contributed by atoms with E-state index >= 15 is 0 Å². The zero-order valence-electron chi connectivity index (χ0n) is 24.1. The third-order valence-corrected chi connectivity index (χ3v) is 8.76. The van der Waals surface area contributed by atoms with Gasteiger partial charge in [0.1, 0.15) is 0 Å². The van der Waals surface area contributed by atoms with E-state index in [-0.39, 0.29) is 0 Å². The average molecular weight is 565 g/mol. The van der Waals surface area contributed by atoms with Crippen LogP contribution >= 0.6 is 0 Å². The van der Waals surface area contributed by atoms with Crippen LogP contribution in [0, 0.1) is 0 Å². The number of para-hydroxylation sites is 2. The van der Waals surface area contributed by atoms with E-state index in [2.05, 4.69) is 143 Å². The predicted octanol–water partition coefficient (Wildman–Crippen LogP) is 10.2. The Bertz CT molecular complexity index is 2370. The van der Waals surface area contributed by atoms with Gasteiger partial charge in [0.05, 0.1) is 33.5 Å². The topological polar surface area (TPSA) is 35.6 Å². The Kier molecular flexibility index (Phi) is 5.60. The summed E-state index contributed by atoms with van der Waals surface area (Å²) in [5.74, 6) is 0.664. The molecule has 0 amide bonds. The Morgan fingerprint density at radius 1 is 0.500 bits per heavy atom. The number of fused-ring (bicyclic) bond motifs is 7. The Labute approximate surface area is 254 Å². The van der Waals surface area contributed by atoms with Crippen molar-refractivity contribution in [3.05, 3.63) is 146 Å². The third-order valence-electron chi connectivity index (χ3n) is 8.76. The molecule has 0 spiro atoms. The summed E-state index contributed by atoms with van der Waals surface area (Å²) in [5.41, 5.74) is 9.74. The molecule has 4 nitrogen and oxygen atoms in total. The van der Waals surface area contributed by atoms with E-state index in [1.807, 2.05) is 12.1 Å². The van der Waals surface area contributed by atoms with E-state index < -0.39 is 0 Å². The summed E-state index contributed by atoms with van der Waals surface area (Å²) >= 11 is 0. The maximum atomic E-state index is 5.28. The maximum Gasteiger partial charge on any atom is 0.235 e. The van der Waals surface area contributed by atoms with E-state index in [0.29, 0.717) is 5.95 Å². The van der Waals surface area contributed by atoms with E-state index in [4.69, 9.17) is 9.97 Å². The first kappa shape index (κ1) is 24.8. The summed E-state index contributed by atoms with van der Waals surface area (Å²) in [7, 11) is 0. The Balaban J connectivity index is 1.45. The molecule has 4 heteroatoms. The summed E-state index contributed by atoms with van der Waals surface area (Å²) in [6, 6.07) is 44.8. The van der Waals surface area contributed by atoms with Crippen LogP contribution in [0.25, 0.3) is 77.8 Å². The molecular weight excluding hydrogens is 536 g/mol. The van der Waals surface area contributed by atoms with E-state index in [1.165, 1.54) is 38.3 Å². The molecule has 0 fully saturated rings. The molecule has 0 radical (unpaired) electrons. The van der Waals surface area contributed by atoms with Crippen LogP contribution in [0.15, 0.2) is 146 Å². The predicted molar refractivity (Wildman–Crippen MR) is 183 cm³/mol. The summed E-state index contributed by atoms with van der Waals surface area (Å²) < 4.78 is 4.70. The molecular formula is C40H28N4. The fourth-order valence-corrected chi connectivity index (χ4v) is 6.81.